The average Bonchev–Trinajstić information content (AvgIpc) is 3.04. The quantitative estimate of drug-likeness (QED) is 0.685. The van der Waals surface area contributed by atoms with Gasteiger partial charge in [0.1, 0.15) is 0 Å². The molecule has 22 heavy (non-hydrogen) atoms. The maximum absolute atomic E-state index is 12.1. The van der Waals surface area contributed by atoms with Gasteiger partial charge in [-0.05, 0) is 29.7 Å². The second-order valence-corrected chi connectivity index (χ2v) is 7.15. The van der Waals surface area contributed by atoms with Crippen LogP contribution < -0.4 is 5.32 Å². The number of rotatable bonds is 4. The zero-order valence-electron chi connectivity index (χ0n) is 12.4. The number of halogens is 1. The predicted molar refractivity (Wildman–Crippen MR) is 85.5 cm³/mol. The van der Waals surface area contributed by atoms with Crippen LogP contribution in [0.1, 0.15) is 18.4 Å². The van der Waals surface area contributed by atoms with E-state index < -0.39 is 5.54 Å². The zero-order valence-corrected chi connectivity index (χ0v) is 13.1. The van der Waals surface area contributed by atoms with Crippen molar-refractivity contribution in [3.05, 3.63) is 48.0 Å². The van der Waals surface area contributed by atoms with Gasteiger partial charge < -0.3 is 10.1 Å². The molecule has 4 rings (SSSR count). The van der Waals surface area contributed by atoms with Crippen LogP contribution in [0.25, 0.3) is 0 Å². The Morgan fingerprint density at radius 3 is 2.95 bits per heavy atom. The zero-order chi connectivity index (χ0) is 15.2. The third-order valence-corrected chi connectivity index (χ3v) is 6.20. The van der Waals surface area contributed by atoms with Crippen LogP contribution >= 0.6 is 11.6 Å². The number of hydrogen-bond acceptors (Lipinski definition) is 2. The number of allylic oxidation sites excluding steroid dienone is 2. The number of carbonyl (C=O) groups excluding carboxylic acids is 1. The summed E-state index contributed by atoms with van der Waals surface area (Å²) in [5.74, 6) is 1.16. The molecule has 0 spiro atoms. The van der Waals surface area contributed by atoms with Gasteiger partial charge in [0, 0.05) is 6.42 Å². The molecule has 1 heterocycles. The molecule has 1 aliphatic heterocycles. The van der Waals surface area contributed by atoms with E-state index in [9.17, 15) is 4.79 Å². The van der Waals surface area contributed by atoms with Crippen molar-refractivity contribution in [2.45, 2.75) is 30.4 Å². The molecule has 2 fully saturated rings. The van der Waals surface area contributed by atoms with Gasteiger partial charge in [-0.3, -0.25) is 4.79 Å². The molecule has 0 aromatic heterocycles. The van der Waals surface area contributed by atoms with E-state index in [1.54, 1.807) is 0 Å². The van der Waals surface area contributed by atoms with Gasteiger partial charge in [0.25, 0.3) is 0 Å². The van der Waals surface area contributed by atoms with E-state index in [0.717, 1.165) is 12.0 Å². The van der Waals surface area contributed by atoms with E-state index in [-0.39, 0.29) is 17.2 Å². The molecule has 116 valence electrons. The van der Waals surface area contributed by atoms with Crippen molar-refractivity contribution in [1.82, 2.24) is 5.32 Å². The normalized spacial score (nSPS) is 38.9. The third kappa shape index (κ3) is 2.10. The summed E-state index contributed by atoms with van der Waals surface area (Å²) in [6.07, 6.45) is 6.01. The minimum atomic E-state index is -0.412. The fraction of sp³-hybridized carbons (Fsp3) is 0.500. The van der Waals surface area contributed by atoms with Gasteiger partial charge in [-0.2, -0.15) is 0 Å². The highest BCUT2D eigenvalue weighted by molar-refractivity contribution is 6.22. The number of piperidine rings is 1. The molecule has 1 aromatic carbocycles. The number of amides is 1. The molecular formula is C18H20ClNO2. The highest BCUT2D eigenvalue weighted by Gasteiger charge is 2.63. The Bertz CT molecular complexity index is 602. The number of benzene rings is 1. The number of carbonyl (C=O) groups is 1. The summed E-state index contributed by atoms with van der Waals surface area (Å²) in [6.45, 7) is 1.04. The van der Waals surface area contributed by atoms with Gasteiger partial charge in [-0.1, -0.05) is 42.5 Å². The molecule has 2 bridgehead atoms. The SMILES string of the molecule is O=C1CC2C3C=CCC3C(COCc3ccccc3)(N1)C2Cl. The van der Waals surface area contributed by atoms with Crippen molar-refractivity contribution in [3.63, 3.8) is 0 Å². The maximum Gasteiger partial charge on any atom is 0.220 e. The largest absolute Gasteiger partial charge is 0.374 e. The Balaban J connectivity index is 1.52. The highest BCUT2D eigenvalue weighted by Crippen LogP contribution is 2.55. The number of nitrogens with one attached hydrogen (secondary N) is 1. The summed E-state index contributed by atoms with van der Waals surface area (Å²) in [6, 6.07) is 10.1. The lowest BCUT2D eigenvalue weighted by atomic mass is 9.83. The molecule has 4 heteroatoms. The Kier molecular flexibility index (Phi) is 3.50. The molecule has 1 N–H and O–H groups in total. The standard InChI is InChI=1S/C18H20ClNO2/c19-17-14-9-16(21)20-18(17,15-8-4-7-13(14)15)11-22-10-12-5-2-1-3-6-12/h1-7,13-15,17H,8-11H2,(H,20,21). The lowest BCUT2D eigenvalue weighted by Gasteiger charge is -2.41. The van der Waals surface area contributed by atoms with Gasteiger partial charge in [0.15, 0.2) is 0 Å². The Labute approximate surface area is 135 Å². The first-order valence-corrected chi connectivity index (χ1v) is 8.38. The molecule has 3 nitrogen and oxygen atoms in total. The van der Waals surface area contributed by atoms with Crippen LogP contribution in [0, 0.1) is 17.8 Å². The fourth-order valence-corrected chi connectivity index (χ4v) is 5.05. The topological polar surface area (TPSA) is 38.3 Å². The highest BCUT2D eigenvalue weighted by atomic mass is 35.5. The van der Waals surface area contributed by atoms with Crippen LogP contribution in [0.5, 0.6) is 0 Å². The number of ether oxygens (including phenoxy) is 1. The molecule has 1 amide bonds. The van der Waals surface area contributed by atoms with Crippen LogP contribution in [0.15, 0.2) is 42.5 Å². The van der Waals surface area contributed by atoms with Gasteiger partial charge >= 0.3 is 0 Å². The molecule has 5 unspecified atom stereocenters. The second-order valence-electron chi connectivity index (χ2n) is 6.68. The van der Waals surface area contributed by atoms with E-state index in [4.69, 9.17) is 16.3 Å². The Hall–Kier alpha value is -1.32. The molecule has 5 atom stereocenters. The first-order valence-electron chi connectivity index (χ1n) is 7.94. The molecule has 3 aliphatic rings. The van der Waals surface area contributed by atoms with Crippen molar-refractivity contribution in [1.29, 1.82) is 0 Å². The smallest absolute Gasteiger partial charge is 0.220 e. The van der Waals surface area contributed by atoms with Crippen LogP contribution in [-0.2, 0) is 16.1 Å². The fourth-order valence-electron chi connectivity index (χ4n) is 4.51. The number of fused-ring (bicyclic) bond motifs is 5. The van der Waals surface area contributed by atoms with Crippen molar-refractivity contribution in [2.75, 3.05) is 6.61 Å². The van der Waals surface area contributed by atoms with Crippen LogP contribution in [0.4, 0.5) is 0 Å². The summed E-state index contributed by atoms with van der Waals surface area (Å²) in [7, 11) is 0. The van der Waals surface area contributed by atoms with E-state index in [0.29, 0.717) is 31.5 Å². The second kappa shape index (κ2) is 5.39. The Morgan fingerprint density at radius 1 is 1.32 bits per heavy atom. The van der Waals surface area contributed by atoms with Crippen molar-refractivity contribution >= 4 is 17.5 Å². The van der Waals surface area contributed by atoms with E-state index >= 15 is 0 Å². The summed E-state index contributed by atoms with van der Waals surface area (Å²) < 4.78 is 5.98. The number of alkyl halides is 1. The average molecular weight is 318 g/mol. The lowest BCUT2D eigenvalue weighted by molar-refractivity contribution is -0.127. The van der Waals surface area contributed by atoms with E-state index in [2.05, 4.69) is 17.5 Å². The van der Waals surface area contributed by atoms with Crippen LogP contribution in [0.2, 0.25) is 0 Å². The van der Waals surface area contributed by atoms with Crippen molar-refractivity contribution in [3.8, 4) is 0 Å². The van der Waals surface area contributed by atoms with Crippen molar-refractivity contribution < 1.29 is 9.53 Å². The predicted octanol–water partition coefficient (Wildman–Crippen LogP) is 2.89. The monoisotopic (exact) mass is 317 g/mol. The van der Waals surface area contributed by atoms with Crippen LogP contribution in [-0.4, -0.2) is 23.4 Å². The van der Waals surface area contributed by atoms with Gasteiger partial charge in [-0.15, -0.1) is 11.6 Å². The third-order valence-electron chi connectivity index (χ3n) is 5.48. The first-order chi connectivity index (χ1) is 10.7. The minimum Gasteiger partial charge on any atom is -0.374 e. The first kappa shape index (κ1) is 14.3. The summed E-state index contributed by atoms with van der Waals surface area (Å²) in [5, 5.41) is 3.15. The molecule has 2 aliphatic carbocycles. The van der Waals surface area contributed by atoms with Gasteiger partial charge in [0.2, 0.25) is 5.91 Å². The summed E-state index contributed by atoms with van der Waals surface area (Å²) in [4.78, 5) is 12.1. The van der Waals surface area contributed by atoms with E-state index in [1.165, 1.54) is 0 Å². The molecule has 1 aromatic rings. The van der Waals surface area contributed by atoms with E-state index in [1.807, 2.05) is 30.3 Å². The molecule has 1 saturated carbocycles. The number of hydrogen-bond donors (Lipinski definition) is 1. The van der Waals surface area contributed by atoms with Crippen LogP contribution in [0.3, 0.4) is 0 Å². The molecule has 0 radical (unpaired) electrons. The molecular weight excluding hydrogens is 298 g/mol. The minimum absolute atomic E-state index is 0.0408. The lowest BCUT2D eigenvalue weighted by Crippen LogP contribution is -2.62. The summed E-state index contributed by atoms with van der Waals surface area (Å²) >= 11 is 6.76. The van der Waals surface area contributed by atoms with Crippen molar-refractivity contribution in [2.24, 2.45) is 17.8 Å². The molecule has 1 saturated heterocycles. The van der Waals surface area contributed by atoms with Gasteiger partial charge in [-0.25, -0.2) is 0 Å². The maximum atomic E-state index is 12.1. The summed E-state index contributed by atoms with van der Waals surface area (Å²) in [5.41, 5.74) is 0.729. The Morgan fingerprint density at radius 2 is 2.14 bits per heavy atom. The van der Waals surface area contributed by atoms with Gasteiger partial charge in [0.05, 0.1) is 24.1 Å².